The molecule has 28 heavy (non-hydrogen) atoms. The van der Waals surface area contributed by atoms with Gasteiger partial charge in [-0.3, -0.25) is 14.7 Å². The summed E-state index contributed by atoms with van der Waals surface area (Å²) in [6, 6.07) is 7.37. The van der Waals surface area contributed by atoms with E-state index in [-0.39, 0.29) is 23.8 Å². The number of rotatable bonds is 6. The quantitative estimate of drug-likeness (QED) is 0.816. The molecule has 1 aliphatic rings. The van der Waals surface area contributed by atoms with Crippen LogP contribution in [0.2, 0.25) is 0 Å². The summed E-state index contributed by atoms with van der Waals surface area (Å²) >= 11 is 0. The van der Waals surface area contributed by atoms with Gasteiger partial charge >= 0.3 is 5.97 Å². The fraction of sp³-hybridized carbons (Fsp3) is 0.350. The van der Waals surface area contributed by atoms with Crippen LogP contribution < -0.4 is 4.90 Å². The monoisotopic (exact) mass is 386 g/mol. The highest BCUT2D eigenvalue weighted by Gasteiger charge is 2.27. The number of halogens is 1. The number of likely N-dealkylation sites (N-methyl/N-ethyl adjacent to an activating group) is 1. The summed E-state index contributed by atoms with van der Waals surface area (Å²) in [5, 5.41) is 9.15. The van der Waals surface area contributed by atoms with E-state index in [0.717, 1.165) is 5.56 Å². The maximum atomic E-state index is 13.9. The zero-order chi connectivity index (χ0) is 20.3. The minimum absolute atomic E-state index is 0.0819. The number of nitrogens with zero attached hydrogens (tertiary/aromatic N) is 4. The molecule has 1 aromatic carbocycles. The van der Waals surface area contributed by atoms with Crippen molar-refractivity contribution >= 4 is 17.6 Å². The number of hydrogen-bond acceptors (Lipinski definition) is 5. The lowest BCUT2D eigenvalue weighted by Crippen LogP contribution is -2.40. The molecule has 2 aromatic rings. The molecule has 0 bridgehead atoms. The fourth-order valence-electron chi connectivity index (χ4n) is 3.24. The summed E-state index contributed by atoms with van der Waals surface area (Å²) in [5.74, 6) is -1.47. The van der Waals surface area contributed by atoms with Crippen molar-refractivity contribution in [1.29, 1.82) is 0 Å². The van der Waals surface area contributed by atoms with Gasteiger partial charge < -0.3 is 14.9 Å². The van der Waals surface area contributed by atoms with E-state index < -0.39 is 5.97 Å². The third-order valence-corrected chi connectivity index (χ3v) is 4.61. The van der Waals surface area contributed by atoms with Crippen LogP contribution in [0.25, 0.3) is 0 Å². The highest BCUT2D eigenvalue weighted by molar-refractivity contribution is 5.96. The molecule has 0 radical (unpaired) electrons. The number of carbonyl (C=O) groups excluding carboxylic acids is 1. The van der Waals surface area contributed by atoms with E-state index >= 15 is 0 Å². The molecule has 7 nitrogen and oxygen atoms in total. The van der Waals surface area contributed by atoms with Crippen LogP contribution in [0.15, 0.2) is 36.5 Å². The molecule has 0 saturated heterocycles. The smallest absolute Gasteiger partial charge is 0.335 e. The number of carboxylic acids is 1. The summed E-state index contributed by atoms with van der Waals surface area (Å²) in [6.45, 7) is 2.00. The third-order valence-electron chi connectivity index (χ3n) is 4.61. The molecule has 2 heterocycles. The lowest BCUT2D eigenvalue weighted by atomic mass is 10.1. The minimum atomic E-state index is -1.03. The van der Waals surface area contributed by atoms with Gasteiger partial charge in [0.25, 0.3) is 0 Å². The molecule has 0 atom stereocenters. The van der Waals surface area contributed by atoms with E-state index in [0.29, 0.717) is 37.6 Å². The SMILES string of the molecule is CN(C)CCN1C(=O)CN(Cc2cc(C(=O)O)ccn2)Cc2cc(F)ccc21. The van der Waals surface area contributed by atoms with Gasteiger partial charge in [0.1, 0.15) is 5.82 Å². The number of carboxylic acid groups (broad SMARTS) is 1. The molecule has 0 saturated carbocycles. The summed E-state index contributed by atoms with van der Waals surface area (Å²) in [5.41, 5.74) is 2.12. The van der Waals surface area contributed by atoms with Crippen LogP contribution in [-0.4, -0.2) is 65.5 Å². The Bertz CT molecular complexity index is 888. The molecule has 8 heteroatoms. The second kappa shape index (κ2) is 8.45. The molecule has 0 aliphatic carbocycles. The Morgan fingerprint density at radius 2 is 2.04 bits per heavy atom. The fourth-order valence-corrected chi connectivity index (χ4v) is 3.24. The topological polar surface area (TPSA) is 77.0 Å². The molecule has 3 rings (SSSR count). The van der Waals surface area contributed by atoms with E-state index in [2.05, 4.69) is 4.98 Å². The van der Waals surface area contributed by atoms with Crippen LogP contribution in [0, 0.1) is 5.82 Å². The van der Waals surface area contributed by atoms with Gasteiger partial charge in [0.15, 0.2) is 0 Å². The number of benzene rings is 1. The molecule has 148 valence electrons. The van der Waals surface area contributed by atoms with Crippen molar-refractivity contribution < 1.29 is 19.1 Å². The predicted molar refractivity (Wildman–Crippen MR) is 103 cm³/mol. The normalized spacial score (nSPS) is 14.9. The maximum Gasteiger partial charge on any atom is 0.335 e. The number of amides is 1. The number of carbonyl (C=O) groups is 2. The van der Waals surface area contributed by atoms with Gasteiger partial charge in [-0.1, -0.05) is 0 Å². The van der Waals surface area contributed by atoms with Crippen molar-refractivity contribution in [2.24, 2.45) is 0 Å². The van der Waals surface area contributed by atoms with Crippen LogP contribution in [0.5, 0.6) is 0 Å². The molecular formula is C20H23FN4O3. The molecule has 0 spiro atoms. The molecular weight excluding hydrogens is 363 g/mol. The van der Waals surface area contributed by atoms with Crippen molar-refractivity contribution in [1.82, 2.24) is 14.8 Å². The number of aromatic nitrogens is 1. The van der Waals surface area contributed by atoms with Gasteiger partial charge in [0.05, 0.1) is 17.8 Å². The molecule has 1 aliphatic heterocycles. The van der Waals surface area contributed by atoms with Crippen LogP contribution in [0.4, 0.5) is 10.1 Å². The van der Waals surface area contributed by atoms with E-state index in [1.165, 1.54) is 30.5 Å². The molecule has 1 aromatic heterocycles. The van der Waals surface area contributed by atoms with Gasteiger partial charge in [-0.2, -0.15) is 0 Å². The van der Waals surface area contributed by atoms with E-state index in [4.69, 9.17) is 5.11 Å². The Kier molecular flexibility index (Phi) is 6.01. The van der Waals surface area contributed by atoms with Crippen LogP contribution in [0.3, 0.4) is 0 Å². The molecule has 1 amide bonds. The largest absolute Gasteiger partial charge is 0.478 e. The van der Waals surface area contributed by atoms with Crippen molar-refractivity contribution in [2.75, 3.05) is 38.6 Å². The maximum absolute atomic E-state index is 13.9. The number of hydrogen-bond donors (Lipinski definition) is 1. The standard InChI is InChI=1S/C20H23FN4O3/c1-23(2)7-8-25-18-4-3-16(21)9-15(18)11-24(13-19(25)26)12-17-10-14(20(27)28)5-6-22-17/h3-6,9-10H,7-8,11-13H2,1-2H3,(H,27,28). The zero-order valence-corrected chi connectivity index (χ0v) is 15.9. The Balaban J connectivity index is 1.87. The highest BCUT2D eigenvalue weighted by Crippen LogP contribution is 2.27. The average molecular weight is 386 g/mol. The van der Waals surface area contributed by atoms with E-state index in [1.54, 1.807) is 11.0 Å². The van der Waals surface area contributed by atoms with E-state index in [9.17, 15) is 14.0 Å². The minimum Gasteiger partial charge on any atom is -0.478 e. The summed E-state index contributed by atoms with van der Waals surface area (Å²) in [6.07, 6.45) is 1.44. The van der Waals surface area contributed by atoms with E-state index in [1.807, 2.05) is 23.9 Å². The van der Waals surface area contributed by atoms with Gasteiger partial charge in [-0.25, -0.2) is 9.18 Å². The lowest BCUT2D eigenvalue weighted by Gasteiger charge is -2.24. The number of fused-ring (bicyclic) bond motifs is 1. The molecule has 0 unspecified atom stereocenters. The van der Waals surface area contributed by atoms with Crippen molar-refractivity contribution in [3.8, 4) is 0 Å². The van der Waals surface area contributed by atoms with Crippen LogP contribution in [0.1, 0.15) is 21.6 Å². The summed E-state index contributed by atoms with van der Waals surface area (Å²) < 4.78 is 13.9. The van der Waals surface area contributed by atoms with Crippen molar-refractivity contribution in [3.63, 3.8) is 0 Å². The number of anilines is 1. The zero-order valence-electron chi connectivity index (χ0n) is 15.9. The third kappa shape index (κ3) is 4.71. The number of aromatic carboxylic acids is 1. The molecule has 1 N–H and O–H groups in total. The van der Waals surface area contributed by atoms with Gasteiger partial charge in [-0.15, -0.1) is 0 Å². The van der Waals surface area contributed by atoms with Crippen LogP contribution >= 0.6 is 0 Å². The number of pyridine rings is 1. The van der Waals surface area contributed by atoms with Gasteiger partial charge in [-0.05, 0) is 50.0 Å². The first-order chi connectivity index (χ1) is 13.3. The summed E-state index contributed by atoms with van der Waals surface area (Å²) in [7, 11) is 3.86. The first-order valence-corrected chi connectivity index (χ1v) is 8.97. The van der Waals surface area contributed by atoms with Gasteiger partial charge in [0.2, 0.25) is 5.91 Å². The van der Waals surface area contributed by atoms with Gasteiger partial charge in [0, 0.05) is 38.1 Å². The Hall–Kier alpha value is -2.84. The summed E-state index contributed by atoms with van der Waals surface area (Å²) in [4.78, 5) is 33.8. The van der Waals surface area contributed by atoms with Crippen molar-refractivity contribution in [3.05, 3.63) is 59.2 Å². The predicted octanol–water partition coefficient (Wildman–Crippen LogP) is 1.83. The molecule has 0 fully saturated rings. The Morgan fingerprint density at radius 1 is 1.25 bits per heavy atom. The van der Waals surface area contributed by atoms with Crippen LogP contribution in [-0.2, 0) is 17.9 Å². The Labute approximate surface area is 163 Å². The first-order valence-electron chi connectivity index (χ1n) is 8.97. The lowest BCUT2D eigenvalue weighted by molar-refractivity contribution is -0.119. The second-order valence-electron chi connectivity index (χ2n) is 7.11. The average Bonchev–Trinajstić information content (AvgIpc) is 2.75. The first kappa shape index (κ1) is 19.9. The van der Waals surface area contributed by atoms with Crippen molar-refractivity contribution in [2.45, 2.75) is 13.1 Å². The Morgan fingerprint density at radius 3 is 2.75 bits per heavy atom. The highest BCUT2D eigenvalue weighted by atomic mass is 19.1. The second-order valence-corrected chi connectivity index (χ2v) is 7.11.